The van der Waals surface area contributed by atoms with Crippen molar-refractivity contribution >= 4 is 5.97 Å². The SMILES string of the molecule is CC1CC(OC(=O)Cc2ccccc2)CC([C@H]2O[C@H]2C)N1C. The van der Waals surface area contributed by atoms with Gasteiger partial charge in [0, 0.05) is 18.5 Å². The van der Waals surface area contributed by atoms with Crippen LogP contribution in [0.3, 0.4) is 0 Å². The zero-order valence-electron chi connectivity index (χ0n) is 13.6. The predicted molar refractivity (Wildman–Crippen MR) is 84.6 cm³/mol. The Morgan fingerprint density at radius 2 is 1.95 bits per heavy atom. The second-order valence-corrected chi connectivity index (χ2v) is 6.63. The Bertz CT molecular complexity index is 518. The van der Waals surface area contributed by atoms with Crippen molar-refractivity contribution in [1.82, 2.24) is 4.90 Å². The standard InChI is InChI=1S/C18H25NO3/c1-12-9-15(11-16(19(12)3)18-13(2)21-18)22-17(20)10-14-7-5-4-6-8-14/h4-8,12-13,15-16,18H,9-11H2,1-3H3/t12?,13-,15?,16?,18-/m0/s1. The number of esters is 1. The number of hydrogen-bond acceptors (Lipinski definition) is 4. The summed E-state index contributed by atoms with van der Waals surface area (Å²) in [6.45, 7) is 4.30. The van der Waals surface area contributed by atoms with E-state index < -0.39 is 0 Å². The zero-order valence-corrected chi connectivity index (χ0v) is 13.6. The van der Waals surface area contributed by atoms with E-state index in [1.165, 1.54) is 0 Å². The van der Waals surface area contributed by atoms with E-state index in [4.69, 9.17) is 9.47 Å². The van der Waals surface area contributed by atoms with Gasteiger partial charge in [-0.3, -0.25) is 9.69 Å². The number of piperidine rings is 1. The molecule has 0 aliphatic carbocycles. The highest BCUT2D eigenvalue weighted by molar-refractivity contribution is 5.72. The minimum absolute atomic E-state index is 0.00353. The monoisotopic (exact) mass is 303 g/mol. The smallest absolute Gasteiger partial charge is 0.310 e. The molecule has 22 heavy (non-hydrogen) atoms. The van der Waals surface area contributed by atoms with Gasteiger partial charge in [0.2, 0.25) is 0 Å². The summed E-state index contributed by atoms with van der Waals surface area (Å²) in [5.41, 5.74) is 1.00. The van der Waals surface area contributed by atoms with E-state index in [0.717, 1.165) is 18.4 Å². The van der Waals surface area contributed by atoms with E-state index in [9.17, 15) is 4.79 Å². The molecule has 2 aliphatic heterocycles. The molecule has 120 valence electrons. The van der Waals surface area contributed by atoms with Crippen LogP contribution in [0.1, 0.15) is 32.3 Å². The molecule has 2 fully saturated rings. The summed E-state index contributed by atoms with van der Waals surface area (Å²) in [6, 6.07) is 10.5. The second-order valence-electron chi connectivity index (χ2n) is 6.63. The van der Waals surface area contributed by atoms with Crippen molar-refractivity contribution in [3.8, 4) is 0 Å². The largest absolute Gasteiger partial charge is 0.462 e. The molecule has 0 amide bonds. The van der Waals surface area contributed by atoms with Crippen molar-refractivity contribution in [2.45, 2.75) is 63.5 Å². The summed E-state index contributed by atoms with van der Waals surface area (Å²) < 4.78 is 11.4. The minimum Gasteiger partial charge on any atom is -0.462 e. The molecule has 3 unspecified atom stereocenters. The van der Waals surface area contributed by atoms with Crippen LogP contribution >= 0.6 is 0 Å². The fourth-order valence-corrected chi connectivity index (χ4v) is 3.46. The Morgan fingerprint density at radius 1 is 1.27 bits per heavy atom. The van der Waals surface area contributed by atoms with Gasteiger partial charge in [-0.2, -0.15) is 0 Å². The lowest BCUT2D eigenvalue weighted by Gasteiger charge is -2.41. The predicted octanol–water partition coefficient (Wildman–Crippen LogP) is 2.41. The van der Waals surface area contributed by atoms with Crippen LogP contribution in [0, 0.1) is 0 Å². The van der Waals surface area contributed by atoms with Gasteiger partial charge in [-0.1, -0.05) is 30.3 Å². The fraction of sp³-hybridized carbons (Fsp3) is 0.611. The number of likely N-dealkylation sites (tertiary alicyclic amines) is 1. The van der Waals surface area contributed by atoms with Crippen LogP contribution in [0.2, 0.25) is 0 Å². The minimum atomic E-state index is -0.128. The van der Waals surface area contributed by atoms with Gasteiger partial charge in [0.1, 0.15) is 6.10 Å². The molecule has 4 heteroatoms. The molecule has 1 aromatic carbocycles. The van der Waals surface area contributed by atoms with Crippen molar-refractivity contribution < 1.29 is 14.3 Å². The summed E-state index contributed by atoms with van der Waals surface area (Å²) in [7, 11) is 2.14. The third-order valence-electron chi connectivity index (χ3n) is 4.95. The van der Waals surface area contributed by atoms with Gasteiger partial charge in [-0.25, -0.2) is 0 Å². The first kappa shape index (κ1) is 15.5. The maximum absolute atomic E-state index is 12.2. The number of carbonyl (C=O) groups excluding carboxylic acids is 1. The molecule has 0 radical (unpaired) electrons. The maximum atomic E-state index is 12.2. The van der Waals surface area contributed by atoms with E-state index in [0.29, 0.717) is 30.7 Å². The number of benzene rings is 1. The Hall–Kier alpha value is -1.39. The lowest BCUT2D eigenvalue weighted by atomic mass is 9.91. The molecule has 2 heterocycles. The molecule has 0 spiro atoms. The second kappa shape index (κ2) is 6.39. The Labute approximate surface area is 132 Å². The molecule has 3 rings (SSSR count). The Balaban J connectivity index is 1.56. The molecule has 0 N–H and O–H groups in total. The van der Waals surface area contributed by atoms with Gasteiger partial charge in [-0.05, 0) is 32.9 Å². The van der Waals surface area contributed by atoms with Crippen molar-refractivity contribution in [1.29, 1.82) is 0 Å². The molecule has 4 nitrogen and oxygen atoms in total. The molecular weight excluding hydrogens is 278 g/mol. The van der Waals surface area contributed by atoms with Crippen molar-refractivity contribution in [3.63, 3.8) is 0 Å². The normalized spacial score (nSPS) is 35.1. The molecule has 0 aromatic heterocycles. The van der Waals surface area contributed by atoms with Crippen molar-refractivity contribution in [2.75, 3.05) is 7.05 Å². The van der Waals surface area contributed by atoms with E-state index >= 15 is 0 Å². The van der Waals surface area contributed by atoms with Crippen molar-refractivity contribution in [3.05, 3.63) is 35.9 Å². The van der Waals surface area contributed by atoms with Gasteiger partial charge in [-0.15, -0.1) is 0 Å². The van der Waals surface area contributed by atoms with E-state index in [1.54, 1.807) is 0 Å². The molecule has 0 saturated carbocycles. The van der Waals surface area contributed by atoms with Gasteiger partial charge in [0.25, 0.3) is 0 Å². The van der Waals surface area contributed by atoms with Crippen LogP contribution in [0.25, 0.3) is 0 Å². The maximum Gasteiger partial charge on any atom is 0.310 e. The van der Waals surface area contributed by atoms with Crippen LogP contribution in [-0.2, 0) is 20.7 Å². The number of hydrogen-bond donors (Lipinski definition) is 0. The highest BCUT2D eigenvalue weighted by atomic mass is 16.6. The van der Waals surface area contributed by atoms with Crippen LogP contribution < -0.4 is 0 Å². The average Bonchev–Trinajstić information content (AvgIpc) is 3.20. The molecular formula is C18H25NO3. The highest BCUT2D eigenvalue weighted by Crippen LogP contribution is 2.35. The Morgan fingerprint density at radius 3 is 2.59 bits per heavy atom. The topological polar surface area (TPSA) is 42.1 Å². The van der Waals surface area contributed by atoms with Crippen LogP contribution in [0.4, 0.5) is 0 Å². The van der Waals surface area contributed by atoms with Crippen LogP contribution in [0.15, 0.2) is 30.3 Å². The zero-order chi connectivity index (χ0) is 15.7. The van der Waals surface area contributed by atoms with Gasteiger partial charge >= 0.3 is 5.97 Å². The first-order valence-electron chi connectivity index (χ1n) is 8.15. The van der Waals surface area contributed by atoms with Crippen molar-refractivity contribution in [2.24, 2.45) is 0 Å². The fourth-order valence-electron chi connectivity index (χ4n) is 3.46. The first-order chi connectivity index (χ1) is 10.5. The third kappa shape index (κ3) is 3.50. The summed E-state index contributed by atoms with van der Waals surface area (Å²) in [5.74, 6) is -0.128. The van der Waals surface area contributed by atoms with Crippen LogP contribution in [0.5, 0.6) is 0 Å². The molecule has 1 aromatic rings. The molecule has 2 saturated heterocycles. The van der Waals surface area contributed by atoms with Gasteiger partial charge < -0.3 is 9.47 Å². The Kier molecular flexibility index (Phi) is 4.50. The average molecular weight is 303 g/mol. The van der Waals surface area contributed by atoms with E-state index in [1.807, 2.05) is 30.3 Å². The van der Waals surface area contributed by atoms with E-state index in [-0.39, 0.29) is 12.1 Å². The number of epoxide rings is 1. The lowest BCUT2D eigenvalue weighted by Crippen LogP contribution is -2.51. The molecule has 2 aliphatic rings. The summed E-state index contributed by atoms with van der Waals surface area (Å²) >= 11 is 0. The molecule has 0 bridgehead atoms. The highest BCUT2D eigenvalue weighted by Gasteiger charge is 2.47. The summed E-state index contributed by atoms with van der Waals surface area (Å²) in [5, 5.41) is 0. The number of carbonyl (C=O) groups is 1. The third-order valence-corrected chi connectivity index (χ3v) is 4.95. The first-order valence-corrected chi connectivity index (χ1v) is 8.15. The van der Waals surface area contributed by atoms with E-state index in [2.05, 4.69) is 25.8 Å². The number of ether oxygens (including phenoxy) is 2. The van der Waals surface area contributed by atoms with Gasteiger partial charge in [0.05, 0.1) is 18.6 Å². The number of nitrogens with zero attached hydrogens (tertiary/aromatic N) is 1. The van der Waals surface area contributed by atoms with Gasteiger partial charge in [0.15, 0.2) is 0 Å². The summed E-state index contributed by atoms with van der Waals surface area (Å²) in [4.78, 5) is 14.5. The lowest BCUT2D eigenvalue weighted by molar-refractivity contribution is -0.152. The summed E-state index contributed by atoms with van der Waals surface area (Å²) in [6.07, 6.45) is 2.75. The van der Waals surface area contributed by atoms with Crippen LogP contribution in [-0.4, -0.2) is 48.3 Å². The quantitative estimate of drug-likeness (QED) is 0.633. The number of likely N-dealkylation sites (N-methyl/N-ethyl adjacent to an activating group) is 1. The number of rotatable bonds is 4. The molecule has 5 atom stereocenters.